The number of rotatable bonds is 3. The molecule has 0 radical (unpaired) electrons. The number of aromatic nitrogens is 3. The van der Waals surface area contributed by atoms with Gasteiger partial charge in [-0.2, -0.15) is 0 Å². The van der Waals surface area contributed by atoms with Gasteiger partial charge in [0.05, 0.1) is 17.6 Å². The summed E-state index contributed by atoms with van der Waals surface area (Å²) in [6.07, 6.45) is 7.37. The Morgan fingerprint density at radius 2 is 1.76 bits per heavy atom. The number of imidazole rings is 1. The van der Waals surface area contributed by atoms with Crippen LogP contribution in [0.15, 0.2) is 73.3 Å². The van der Waals surface area contributed by atoms with E-state index in [0.29, 0.717) is 11.3 Å². The highest BCUT2D eigenvalue weighted by atomic mass is 16.1. The summed E-state index contributed by atoms with van der Waals surface area (Å²) in [6.45, 7) is 1.50. The van der Waals surface area contributed by atoms with Crippen molar-refractivity contribution in [1.82, 2.24) is 14.4 Å². The summed E-state index contributed by atoms with van der Waals surface area (Å²) in [6, 6.07) is 15.9. The predicted molar refractivity (Wildman–Crippen MR) is 98.2 cm³/mol. The average molecular weight is 328 g/mol. The Bertz CT molecular complexity index is 1040. The first-order valence-electron chi connectivity index (χ1n) is 7.97. The zero-order valence-corrected chi connectivity index (χ0v) is 13.7. The van der Waals surface area contributed by atoms with Gasteiger partial charge in [-0.15, -0.1) is 0 Å². The number of benzene rings is 1. The highest BCUT2D eigenvalue weighted by Gasteiger charge is 2.13. The van der Waals surface area contributed by atoms with E-state index in [2.05, 4.69) is 15.3 Å². The molecule has 25 heavy (non-hydrogen) atoms. The van der Waals surface area contributed by atoms with Crippen molar-refractivity contribution in [3.63, 3.8) is 0 Å². The van der Waals surface area contributed by atoms with Crippen LogP contribution in [0.2, 0.25) is 0 Å². The summed E-state index contributed by atoms with van der Waals surface area (Å²) in [5.74, 6) is -0.127. The number of carbonyl (C=O) groups excluding carboxylic acids is 1. The molecule has 4 aromatic rings. The molecule has 122 valence electrons. The fourth-order valence-corrected chi connectivity index (χ4v) is 2.89. The van der Waals surface area contributed by atoms with Crippen molar-refractivity contribution in [3.8, 4) is 22.4 Å². The Hall–Kier alpha value is -3.47. The van der Waals surface area contributed by atoms with Crippen molar-refractivity contribution >= 4 is 17.2 Å². The third-order valence-corrected chi connectivity index (χ3v) is 4.00. The molecule has 0 aliphatic heterocycles. The number of anilines is 1. The van der Waals surface area contributed by atoms with Crippen LogP contribution in [0.5, 0.6) is 0 Å². The van der Waals surface area contributed by atoms with E-state index >= 15 is 0 Å². The van der Waals surface area contributed by atoms with E-state index in [1.165, 1.54) is 6.92 Å². The number of hydrogen-bond donors (Lipinski definition) is 1. The van der Waals surface area contributed by atoms with Gasteiger partial charge in [-0.25, -0.2) is 4.98 Å². The van der Waals surface area contributed by atoms with E-state index < -0.39 is 0 Å². The third-order valence-electron chi connectivity index (χ3n) is 4.00. The Labute approximate surface area is 145 Å². The second-order valence-electron chi connectivity index (χ2n) is 5.76. The van der Waals surface area contributed by atoms with Crippen LogP contribution in [0.4, 0.5) is 5.69 Å². The molecule has 5 nitrogen and oxygen atoms in total. The molecule has 5 heteroatoms. The minimum absolute atomic E-state index is 0.127. The van der Waals surface area contributed by atoms with Crippen molar-refractivity contribution in [1.29, 1.82) is 0 Å². The predicted octanol–water partition coefficient (Wildman–Crippen LogP) is 4.02. The maximum atomic E-state index is 11.6. The maximum Gasteiger partial charge on any atom is 0.221 e. The number of fused-ring (bicyclic) bond motifs is 1. The Balaban J connectivity index is 1.97. The van der Waals surface area contributed by atoms with Crippen LogP contribution in [-0.2, 0) is 4.79 Å². The van der Waals surface area contributed by atoms with Gasteiger partial charge < -0.3 is 5.32 Å². The molecule has 0 saturated carbocycles. The Morgan fingerprint density at radius 3 is 2.48 bits per heavy atom. The van der Waals surface area contributed by atoms with Gasteiger partial charge in [0.25, 0.3) is 0 Å². The van der Waals surface area contributed by atoms with E-state index in [4.69, 9.17) is 0 Å². The lowest BCUT2D eigenvalue weighted by Crippen LogP contribution is -2.08. The second kappa shape index (κ2) is 6.20. The molecule has 1 N–H and O–H groups in total. The summed E-state index contributed by atoms with van der Waals surface area (Å²) < 4.78 is 2.01. The zero-order chi connectivity index (χ0) is 17.2. The molecule has 3 heterocycles. The van der Waals surface area contributed by atoms with Crippen LogP contribution in [-0.4, -0.2) is 20.3 Å². The minimum Gasteiger partial charge on any atom is -0.323 e. The van der Waals surface area contributed by atoms with Crippen molar-refractivity contribution in [2.24, 2.45) is 0 Å². The number of nitrogens with one attached hydrogen (secondary N) is 1. The largest absolute Gasteiger partial charge is 0.323 e. The van der Waals surface area contributed by atoms with Crippen molar-refractivity contribution in [3.05, 3.63) is 73.3 Å². The molecule has 0 atom stereocenters. The zero-order valence-electron chi connectivity index (χ0n) is 13.7. The van der Waals surface area contributed by atoms with Crippen LogP contribution < -0.4 is 5.32 Å². The molecule has 3 aromatic heterocycles. The molecule has 0 unspecified atom stereocenters. The lowest BCUT2D eigenvalue weighted by Gasteiger charge is -2.10. The molecule has 0 spiro atoms. The normalized spacial score (nSPS) is 10.8. The summed E-state index contributed by atoms with van der Waals surface area (Å²) >= 11 is 0. The highest BCUT2D eigenvalue weighted by Crippen LogP contribution is 2.29. The number of amides is 1. The van der Waals surface area contributed by atoms with Crippen LogP contribution in [0.3, 0.4) is 0 Å². The van der Waals surface area contributed by atoms with E-state index in [9.17, 15) is 4.79 Å². The molecular formula is C20H16N4O. The molecular weight excluding hydrogens is 312 g/mol. The molecule has 0 bridgehead atoms. The van der Waals surface area contributed by atoms with Crippen LogP contribution in [0, 0.1) is 0 Å². The lowest BCUT2D eigenvalue weighted by atomic mass is 10.1. The van der Waals surface area contributed by atoms with E-state index in [-0.39, 0.29) is 5.91 Å². The van der Waals surface area contributed by atoms with Gasteiger partial charge in [0.1, 0.15) is 0 Å². The summed E-state index contributed by atoms with van der Waals surface area (Å²) in [4.78, 5) is 20.2. The van der Waals surface area contributed by atoms with Crippen LogP contribution in [0.1, 0.15) is 6.92 Å². The second-order valence-corrected chi connectivity index (χ2v) is 5.76. The lowest BCUT2D eigenvalue weighted by molar-refractivity contribution is -0.114. The van der Waals surface area contributed by atoms with Crippen LogP contribution >= 0.6 is 0 Å². The van der Waals surface area contributed by atoms with Gasteiger partial charge >= 0.3 is 0 Å². The van der Waals surface area contributed by atoms with Crippen LogP contribution in [0.25, 0.3) is 28.0 Å². The monoisotopic (exact) mass is 328 g/mol. The first-order valence-corrected chi connectivity index (χ1v) is 7.97. The quantitative estimate of drug-likeness (QED) is 0.618. The smallest absolute Gasteiger partial charge is 0.221 e. The van der Waals surface area contributed by atoms with Crippen molar-refractivity contribution < 1.29 is 4.79 Å². The van der Waals surface area contributed by atoms with Gasteiger partial charge in [0.15, 0.2) is 5.65 Å². The summed E-state index contributed by atoms with van der Waals surface area (Å²) in [5.41, 5.74) is 5.44. The fraction of sp³-hybridized carbons (Fsp3) is 0.0500. The fourth-order valence-electron chi connectivity index (χ4n) is 2.89. The van der Waals surface area contributed by atoms with Crippen molar-refractivity contribution in [2.45, 2.75) is 6.92 Å². The molecule has 4 rings (SSSR count). The van der Waals surface area contributed by atoms with Gasteiger partial charge in [-0.05, 0) is 23.8 Å². The first kappa shape index (κ1) is 15.1. The van der Waals surface area contributed by atoms with Gasteiger partial charge in [0, 0.05) is 36.6 Å². The van der Waals surface area contributed by atoms with E-state index in [0.717, 1.165) is 22.4 Å². The van der Waals surface area contributed by atoms with E-state index in [1.54, 1.807) is 12.4 Å². The number of pyridine rings is 2. The average Bonchev–Trinajstić information content (AvgIpc) is 3.07. The Morgan fingerprint density at radius 1 is 1.00 bits per heavy atom. The van der Waals surface area contributed by atoms with Gasteiger partial charge in [-0.3, -0.25) is 14.2 Å². The highest BCUT2D eigenvalue weighted by molar-refractivity contribution is 5.94. The summed E-state index contributed by atoms with van der Waals surface area (Å²) in [5, 5.41) is 2.88. The molecule has 0 fully saturated rings. The topological polar surface area (TPSA) is 59.3 Å². The first-order chi connectivity index (χ1) is 12.2. The summed E-state index contributed by atoms with van der Waals surface area (Å²) in [7, 11) is 0. The number of carbonyl (C=O) groups is 1. The third kappa shape index (κ3) is 2.87. The van der Waals surface area contributed by atoms with E-state index in [1.807, 2.05) is 65.3 Å². The minimum atomic E-state index is -0.127. The molecule has 0 aliphatic carbocycles. The number of nitrogens with zero attached hydrogens (tertiary/aromatic N) is 3. The molecule has 1 amide bonds. The van der Waals surface area contributed by atoms with Crippen molar-refractivity contribution in [2.75, 3.05) is 5.32 Å². The SMILES string of the molecule is CC(=O)Nc1cc(-c2ccncc2)cn2c(-c3ccccc3)cnc12. The van der Waals surface area contributed by atoms with Gasteiger partial charge in [0.2, 0.25) is 5.91 Å². The standard InChI is InChI=1S/C20H16N4O/c1-14(25)23-18-11-17(15-7-9-21-10-8-15)13-24-19(12-22-20(18)24)16-5-3-2-4-6-16/h2-13H,1H3,(H,23,25). The molecule has 0 saturated heterocycles. The maximum absolute atomic E-state index is 11.6. The Kier molecular flexibility index (Phi) is 3.74. The molecule has 1 aromatic carbocycles. The number of hydrogen-bond acceptors (Lipinski definition) is 3. The molecule has 0 aliphatic rings. The van der Waals surface area contributed by atoms with Gasteiger partial charge in [-0.1, -0.05) is 30.3 Å².